The van der Waals surface area contributed by atoms with Crippen LogP contribution in [0.25, 0.3) is 0 Å². The minimum Gasteiger partial charge on any atom is -0.497 e. The second-order valence-corrected chi connectivity index (χ2v) is 16.4. The number of likely N-dealkylation sites (N-methyl/N-ethyl adjacent to an activating group) is 1. The Morgan fingerprint density at radius 3 is 2.44 bits per heavy atom. The van der Waals surface area contributed by atoms with Crippen molar-refractivity contribution < 1.29 is 37.3 Å². The summed E-state index contributed by atoms with van der Waals surface area (Å²) in [4.78, 5) is 31.2. The smallest absolute Gasteiger partial charge is 0.261 e. The highest BCUT2D eigenvalue weighted by Crippen LogP contribution is 2.30. The van der Waals surface area contributed by atoms with E-state index >= 15 is 0 Å². The Labute approximate surface area is 336 Å². The van der Waals surface area contributed by atoms with Crippen molar-refractivity contribution in [3.8, 4) is 11.5 Å². The second kappa shape index (κ2) is 19.8. The molecule has 1 heterocycles. The first-order valence-electron chi connectivity index (χ1n) is 19.2. The molecule has 0 fully saturated rings. The molecule has 306 valence electrons. The molecule has 0 saturated heterocycles. The Bertz CT molecular complexity index is 2060. The molecule has 0 aromatic heterocycles. The summed E-state index contributed by atoms with van der Waals surface area (Å²) in [5.41, 5.74) is 8.94. The molecule has 0 radical (unpaired) electrons. The van der Waals surface area contributed by atoms with Gasteiger partial charge in [-0.3, -0.25) is 19.2 Å². The Balaban J connectivity index is 1.33. The molecule has 0 aliphatic carbocycles. The van der Waals surface area contributed by atoms with Gasteiger partial charge in [0, 0.05) is 43.4 Å². The molecule has 0 saturated carbocycles. The monoisotopic (exact) mass is 801 g/mol. The third-order valence-corrected chi connectivity index (χ3v) is 11.4. The van der Waals surface area contributed by atoms with Crippen LogP contribution < -0.4 is 25.2 Å². The number of nitrogen functional groups attached to an aromatic ring is 1. The molecule has 57 heavy (non-hydrogen) atoms. The SMILES string of the molecule is COc1ccc(S(=O)(=O)Nc2ccc3c(c2)C(=O)N([C@H](C)CO)C[C@H](C)[C@H](CN(C)Cc2ccc(C(=O)Nc4ccccc4N)cc2)OCCCC[C@@H](C)O3)cc1. The van der Waals surface area contributed by atoms with Crippen LogP contribution in [0.15, 0.2) is 95.9 Å². The number of para-hydroxylation sites is 2. The van der Waals surface area contributed by atoms with Gasteiger partial charge >= 0.3 is 0 Å². The molecule has 13 nitrogen and oxygen atoms in total. The standard InChI is InChI=1S/C43H55N5O8S/c1-29-25-48(30(2)28-49)43(51)37-24-34(46-57(52,53)36-20-18-35(54-5)19-21-36)17-22-40(37)56-31(3)10-8-9-23-55-41(29)27-47(4)26-32-13-15-33(16-14-32)42(50)45-39-12-7-6-11-38(39)44/h6-7,11-22,24,29-31,41,46,49H,8-10,23,25-28,44H2,1-5H3,(H,45,50)/t29-,30+,31+,41-/m0/s1. The number of benzene rings is 4. The third kappa shape index (κ3) is 11.7. The summed E-state index contributed by atoms with van der Waals surface area (Å²) < 4.78 is 47.3. The van der Waals surface area contributed by atoms with Crippen molar-refractivity contribution in [3.05, 3.63) is 108 Å². The van der Waals surface area contributed by atoms with Crippen molar-refractivity contribution in [1.29, 1.82) is 0 Å². The predicted molar refractivity (Wildman–Crippen MR) is 222 cm³/mol. The zero-order chi connectivity index (χ0) is 41.1. The van der Waals surface area contributed by atoms with Gasteiger partial charge in [-0.15, -0.1) is 0 Å². The minimum atomic E-state index is -4.00. The molecule has 4 aromatic carbocycles. The molecular weight excluding hydrogens is 747 g/mol. The highest BCUT2D eigenvalue weighted by Gasteiger charge is 2.31. The van der Waals surface area contributed by atoms with Crippen molar-refractivity contribution >= 4 is 38.9 Å². The van der Waals surface area contributed by atoms with Gasteiger partial charge in [0.25, 0.3) is 21.8 Å². The van der Waals surface area contributed by atoms with E-state index in [0.29, 0.717) is 54.6 Å². The maximum atomic E-state index is 14.5. The molecule has 1 aliphatic rings. The van der Waals surface area contributed by atoms with Gasteiger partial charge in [-0.05, 0) is 112 Å². The van der Waals surface area contributed by atoms with Crippen LogP contribution in [0.5, 0.6) is 11.5 Å². The number of fused-ring (bicyclic) bond motifs is 1. The van der Waals surface area contributed by atoms with Crippen molar-refractivity contribution in [2.24, 2.45) is 5.92 Å². The molecule has 4 aromatic rings. The molecule has 5 N–H and O–H groups in total. The number of carbonyl (C=O) groups excluding carboxylic acids is 2. The maximum absolute atomic E-state index is 14.5. The number of hydrogen-bond acceptors (Lipinski definition) is 10. The summed E-state index contributed by atoms with van der Waals surface area (Å²) >= 11 is 0. The van der Waals surface area contributed by atoms with Gasteiger partial charge < -0.3 is 35.3 Å². The van der Waals surface area contributed by atoms with E-state index in [4.69, 9.17) is 19.9 Å². The first kappa shape index (κ1) is 43.0. The first-order chi connectivity index (χ1) is 27.3. The van der Waals surface area contributed by atoms with Crippen LogP contribution in [0.2, 0.25) is 0 Å². The summed E-state index contributed by atoms with van der Waals surface area (Å²) in [5, 5.41) is 13.2. The lowest BCUT2D eigenvalue weighted by atomic mass is 10.0. The van der Waals surface area contributed by atoms with Gasteiger partial charge in [0.1, 0.15) is 11.5 Å². The second-order valence-electron chi connectivity index (χ2n) is 14.7. The Morgan fingerprint density at radius 1 is 1.04 bits per heavy atom. The van der Waals surface area contributed by atoms with E-state index in [9.17, 15) is 23.1 Å². The summed E-state index contributed by atoms with van der Waals surface area (Å²) in [6.07, 6.45) is 1.86. The molecule has 1 aliphatic heterocycles. The molecule has 4 atom stereocenters. The number of aliphatic hydroxyl groups excluding tert-OH is 1. The van der Waals surface area contributed by atoms with Crippen LogP contribution in [0, 0.1) is 5.92 Å². The number of rotatable bonds is 12. The number of carbonyl (C=O) groups is 2. The summed E-state index contributed by atoms with van der Waals surface area (Å²) in [7, 11) is -0.496. The van der Waals surface area contributed by atoms with Crippen LogP contribution in [0.3, 0.4) is 0 Å². The van der Waals surface area contributed by atoms with E-state index in [0.717, 1.165) is 18.4 Å². The Kier molecular flexibility index (Phi) is 14.9. The zero-order valence-electron chi connectivity index (χ0n) is 33.3. The molecule has 0 bridgehead atoms. The van der Waals surface area contributed by atoms with Crippen LogP contribution in [0.4, 0.5) is 17.1 Å². The number of nitrogens with two attached hydrogens (primary N) is 1. The molecule has 0 unspecified atom stereocenters. The number of sulfonamides is 1. The highest BCUT2D eigenvalue weighted by atomic mass is 32.2. The van der Waals surface area contributed by atoms with Crippen molar-refractivity contribution in [1.82, 2.24) is 9.80 Å². The molecule has 14 heteroatoms. The van der Waals surface area contributed by atoms with E-state index in [1.165, 1.54) is 25.3 Å². The van der Waals surface area contributed by atoms with E-state index < -0.39 is 22.0 Å². The van der Waals surface area contributed by atoms with Crippen molar-refractivity contribution in [3.63, 3.8) is 0 Å². The summed E-state index contributed by atoms with van der Waals surface area (Å²) in [6.45, 7) is 7.39. The fourth-order valence-corrected chi connectivity index (χ4v) is 7.72. The van der Waals surface area contributed by atoms with E-state index in [2.05, 4.69) is 14.9 Å². The van der Waals surface area contributed by atoms with Crippen molar-refractivity contribution in [2.75, 3.05) is 56.2 Å². The molecule has 2 amide bonds. The van der Waals surface area contributed by atoms with Crippen LogP contribution in [0.1, 0.15) is 66.3 Å². The first-order valence-corrected chi connectivity index (χ1v) is 20.7. The number of aliphatic hydroxyl groups is 1. The average Bonchev–Trinajstić information content (AvgIpc) is 3.20. The number of methoxy groups -OCH3 is 1. The zero-order valence-corrected chi connectivity index (χ0v) is 34.1. The van der Waals surface area contributed by atoms with Gasteiger partial charge in [-0.25, -0.2) is 8.42 Å². The fourth-order valence-electron chi connectivity index (χ4n) is 6.67. The van der Waals surface area contributed by atoms with Crippen molar-refractivity contribution in [2.45, 2.75) is 69.7 Å². The van der Waals surface area contributed by atoms with Gasteiger partial charge in [0.05, 0.1) is 53.8 Å². The normalized spacial score (nSPS) is 18.8. The molecule has 5 rings (SSSR count). The van der Waals surface area contributed by atoms with Crippen LogP contribution in [-0.2, 0) is 21.3 Å². The quantitative estimate of drug-likeness (QED) is 0.120. The largest absolute Gasteiger partial charge is 0.497 e. The highest BCUT2D eigenvalue weighted by molar-refractivity contribution is 7.92. The number of amides is 2. The Morgan fingerprint density at radius 2 is 1.75 bits per heavy atom. The predicted octanol–water partition coefficient (Wildman–Crippen LogP) is 6.26. The molecule has 0 spiro atoms. The lowest BCUT2D eigenvalue weighted by Gasteiger charge is -2.36. The number of hydrogen-bond donors (Lipinski definition) is 4. The van der Waals surface area contributed by atoms with E-state index in [-0.39, 0.29) is 53.3 Å². The van der Waals surface area contributed by atoms with Crippen LogP contribution in [-0.4, -0.2) is 93.8 Å². The number of nitrogens with zero attached hydrogens (tertiary/aromatic N) is 2. The van der Waals surface area contributed by atoms with Crippen LogP contribution >= 0.6 is 0 Å². The van der Waals surface area contributed by atoms with Gasteiger partial charge in [0.2, 0.25) is 0 Å². The van der Waals surface area contributed by atoms with E-state index in [1.807, 2.05) is 45.2 Å². The third-order valence-electron chi connectivity index (χ3n) is 10.0. The van der Waals surface area contributed by atoms with Gasteiger partial charge in [-0.2, -0.15) is 0 Å². The fraction of sp³-hybridized carbons (Fsp3) is 0.395. The summed E-state index contributed by atoms with van der Waals surface area (Å²) in [6, 6.07) is 24.7. The minimum absolute atomic E-state index is 0.0363. The van der Waals surface area contributed by atoms with Gasteiger partial charge in [-0.1, -0.05) is 31.2 Å². The van der Waals surface area contributed by atoms with Gasteiger partial charge in [0.15, 0.2) is 0 Å². The molecular formula is C43H55N5O8S. The lowest BCUT2D eigenvalue weighted by molar-refractivity contribution is -0.0177. The number of anilines is 3. The number of ether oxygens (including phenoxy) is 3. The lowest BCUT2D eigenvalue weighted by Crippen LogP contribution is -2.47. The average molecular weight is 802 g/mol. The Hall–Kier alpha value is -5.15. The number of nitrogens with one attached hydrogen (secondary N) is 2. The summed E-state index contributed by atoms with van der Waals surface area (Å²) in [5.74, 6) is 0.0390. The topological polar surface area (TPSA) is 173 Å². The maximum Gasteiger partial charge on any atom is 0.261 e. The van der Waals surface area contributed by atoms with E-state index in [1.54, 1.807) is 60.4 Å².